The van der Waals surface area contributed by atoms with Crippen molar-refractivity contribution in [2.45, 2.75) is 0 Å². The predicted molar refractivity (Wildman–Crippen MR) is 36.5 cm³/mol. The van der Waals surface area contributed by atoms with Crippen molar-refractivity contribution in [2.24, 2.45) is 4.47 Å². The molecule has 0 bridgehead atoms. The lowest BCUT2D eigenvalue weighted by Crippen LogP contribution is -2.30. The van der Waals surface area contributed by atoms with Gasteiger partial charge >= 0.3 is 5.69 Å². The van der Waals surface area contributed by atoms with Crippen LogP contribution in [0.5, 0.6) is 0 Å². The minimum absolute atomic E-state index is 0.529. The Morgan fingerprint density at radius 2 is 2.30 bits per heavy atom. The minimum Gasteiger partial charge on any atom is -0.312 e. The molecule has 0 atom stereocenters. The topological polar surface area (TPSA) is 67.2 Å². The minimum atomic E-state index is -0.623. The van der Waals surface area contributed by atoms with Crippen LogP contribution in [0.1, 0.15) is 0 Å². The number of H-pyrrole nitrogens is 1. The molecule has 1 heterocycles. The van der Waals surface area contributed by atoms with Crippen LogP contribution in [0.15, 0.2) is 26.3 Å². The first-order valence-corrected chi connectivity index (χ1v) is 2.76. The van der Waals surface area contributed by atoms with Crippen LogP contribution in [0.2, 0.25) is 0 Å². The molecule has 1 aromatic heterocycles. The number of nitrogens with one attached hydrogen (secondary N) is 1. The summed E-state index contributed by atoms with van der Waals surface area (Å²) in [4.78, 5) is 23.5. The Bertz CT molecular complexity index is 324. The lowest BCUT2D eigenvalue weighted by Gasteiger charge is -1.88. The van der Waals surface area contributed by atoms with Crippen molar-refractivity contribution >= 4 is 12.4 Å². The van der Waals surface area contributed by atoms with Crippen LogP contribution >= 0.6 is 0 Å². The zero-order chi connectivity index (χ0) is 7.56. The molecule has 10 heavy (non-hydrogen) atoms. The fourth-order valence-electron chi connectivity index (χ4n) is 0.493. The smallest absolute Gasteiger partial charge is 0.312 e. The molecular weight excluding hydrogens is 154 g/mol. The predicted octanol–water partition coefficient (Wildman–Crippen LogP) is -0.970. The highest BCUT2D eigenvalue weighted by molar-refractivity contribution is 7.47. The van der Waals surface area contributed by atoms with Gasteiger partial charge in [0.2, 0.25) is 0 Å². The van der Waals surface area contributed by atoms with Gasteiger partial charge in [0.1, 0.15) is 0 Å². The lowest BCUT2D eigenvalue weighted by molar-refractivity contribution is 0.765. The van der Waals surface area contributed by atoms with Gasteiger partial charge in [-0.1, -0.05) is 4.47 Å². The van der Waals surface area contributed by atoms with Crippen LogP contribution in [-0.2, 0) is 12.4 Å². The third kappa shape index (κ3) is 1.01. The maximum absolute atomic E-state index is 10.7. The van der Waals surface area contributed by atoms with Crippen LogP contribution in [-0.4, -0.2) is 9.66 Å². The van der Waals surface area contributed by atoms with E-state index in [1.165, 1.54) is 6.20 Å². The van der Waals surface area contributed by atoms with Gasteiger partial charge in [-0.25, -0.2) is 4.79 Å². The van der Waals surface area contributed by atoms with Gasteiger partial charge in [-0.15, -0.1) is 4.68 Å². The number of nitrogens with zero attached hydrogens (tertiary/aromatic N) is 2. The summed E-state index contributed by atoms with van der Waals surface area (Å²) < 4.78 is 3.58. The maximum atomic E-state index is 10.7. The van der Waals surface area contributed by atoms with Crippen LogP contribution in [0.25, 0.3) is 0 Å². The highest BCUT2D eigenvalue weighted by Gasteiger charge is 1.93. The van der Waals surface area contributed by atoms with E-state index in [2.05, 4.69) is 21.9 Å². The molecule has 1 aromatic rings. The standard InChI is InChI=1S/C4H3N3O2S/c8-3-1-2-5-4(9)7(3)6-10/h1-2H,(H,5,9). The first-order chi connectivity index (χ1) is 4.75. The van der Waals surface area contributed by atoms with E-state index in [0.717, 1.165) is 6.07 Å². The summed E-state index contributed by atoms with van der Waals surface area (Å²) in [6, 6.07) is 1.16. The second kappa shape index (κ2) is 2.53. The summed E-state index contributed by atoms with van der Waals surface area (Å²) in [5.41, 5.74) is -1.15. The van der Waals surface area contributed by atoms with Crippen molar-refractivity contribution in [2.75, 3.05) is 0 Å². The third-order valence-corrected chi connectivity index (χ3v) is 1.08. The van der Waals surface area contributed by atoms with E-state index in [1.54, 1.807) is 0 Å². The average molecular weight is 157 g/mol. The Labute approximate surface area is 60.5 Å². The number of hydrogen-bond donors (Lipinski definition) is 1. The zero-order valence-electron chi connectivity index (χ0n) is 4.77. The van der Waals surface area contributed by atoms with E-state index >= 15 is 0 Å². The monoisotopic (exact) mass is 157 g/mol. The number of rotatable bonds is 1. The molecule has 5 nitrogen and oxygen atoms in total. The number of hydrogen-bond acceptors (Lipinski definition) is 4. The van der Waals surface area contributed by atoms with Gasteiger partial charge in [-0.3, -0.25) is 4.79 Å². The highest BCUT2D eigenvalue weighted by Crippen LogP contribution is 1.64. The summed E-state index contributed by atoms with van der Waals surface area (Å²) in [6.45, 7) is 0. The molecule has 0 fully saturated rings. The molecule has 52 valence electrons. The highest BCUT2D eigenvalue weighted by atomic mass is 32.1. The van der Waals surface area contributed by atoms with Gasteiger partial charge in [0.25, 0.3) is 5.56 Å². The van der Waals surface area contributed by atoms with Crippen molar-refractivity contribution in [1.29, 1.82) is 0 Å². The molecule has 6 heteroatoms. The lowest BCUT2D eigenvalue weighted by atomic mass is 10.7. The van der Waals surface area contributed by atoms with Crippen molar-refractivity contribution in [3.63, 3.8) is 0 Å². The Morgan fingerprint density at radius 3 is 2.70 bits per heavy atom. The molecule has 0 radical (unpaired) electrons. The third-order valence-electron chi connectivity index (χ3n) is 0.915. The largest absolute Gasteiger partial charge is 0.350 e. The first-order valence-electron chi connectivity index (χ1n) is 2.40. The van der Waals surface area contributed by atoms with Gasteiger partial charge in [0.15, 0.2) is 0 Å². The maximum Gasteiger partial charge on any atom is 0.350 e. The molecule has 0 aliphatic carbocycles. The fraction of sp³-hybridized carbons (Fsp3) is 0. The molecule has 1 rings (SSSR count). The van der Waals surface area contributed by atoms with Crippen LogP contribution in [0, 0.1) is 0 Å². The summed E-state index contributed by atoms with van der Waals surface area (Å²) in [6.07, 6.45) is 1.24. The molecule has 0 unspecified atom stereocenters. The molecule has 0 aliphatic heterocycles. The second-order valence-electron chi connectivity index (χ2n) is 1.51. The van der Waals surface area contributed by atoms with Gasteiger partial charge in [-0.05, 0) is 0 Å². The normalized spacial score (nSPS) is 9.20. The number of aromatic amines is 1. The second-order valence-corrected chi connectivity index (χ2v) is 1.68. The van der Waals surface area contributed by atoms with Gasteiger partial charge in [-0.2, -0.15) is 0 Å². The van der Waals surface area contributed by atoms with Gasteiger partial charge in [0.05, 0.1) is 12.4 Å². The summed E-state index contributed by atoms with van der Waals surface area (Å²) in [5, 5.41) is 0. The Balaban J connectivity index is 3.61. The van der Waals surface area contributed by atoms with E-state index in [1.807, 2.05) is 0 Å². The average Bonchev–Trinajstić information content (AvgIpc) is 1.88. The molecular formula is C4H3N3O2S. The summed E-state index contributed by atoms with van der Waals surface area (Å²) >= 11 is 4.16. The quantitative estimate of drug-likeness (QED) is 0.570. The van der Waals surface area contributed by atoms with E-state index in [9.17, 15) is 9.59 Å². The SMILES string of the molecule is O=c1cc[nH]c(=O)n1N=S. The van der Waals surface area contributed by atoms with E-state index < -0.39 is 11.2 Å². The Kier molecular flexibility index (Phi) is 1.72. The molecule has 0 aromatic carbocycles. The van der Waals surface area contributed by atoms with Crippen LogP contribution in [0.3, 0.4) is 0 Å². The summed E-state index contributed by atoms with van der Waals surface area (Å²) in [7, 11) is 0. The van der Waals surface area contributed by atoms with Crippen molar-refractivity contribution < 1.29 is 0 Å². The first kappa shape index (κ1) is 6.81. The zero-order valence-corrected chi connectivity index (χ0v) is 5.59. The molecule has 0 spiro atoms. The van der Waals surface area contributed by atoms with E-state index in [4.69, 9.17) is 0 Å². The Morgan fingerprint density at radius 1 is 1.60 bits per heavy atom. The van der Waals surface area contributed by atoms with Crippen LogP contribution in [0.4, 0.5) is 0 Å². The van der Waals surface area contributed by atoms with Gasteiger partial charge < -0.3 is 4.98 Å². The molecule has 1 N–H and O–H groups in total. The number of aromatic nitrogens is 2. The van der Waals surface area contributed by atoms with Crippen molar-refractivity contribution in [3.8, 4) is 0 Å². The summed E-state index contributed by atoms with van der Waals surface area (Å²) in [5.74, 6) is 0. The molecule has 0 saturated carbocycles. The van der Waals surface area contributed by atoms with Crippen molar-refractivity contribution in [3.05, 3.63) is 33.1 Å². The van der Waals surface area contributed by atoms with E-state index in [-0.39, 0.29) is 0 Å². The molecule has 0 saturated heterocycles. The molecule has 0 aliphatic rings. The fourth-order valence-corrected chi connectivity index (χ4v) is 0.648. The van der Waals surface area contributed by atoms with E-state index in [0.29, 0.717) is 4.68 Å². The van der Waals surface area contributed by atoms with Crippen LogP contribution < -0.4 is 11.2 Å². The Hall–Kier alpha value is -1.30. The van der Waals surface area contributed by atoms with Crippen molar-refractivity contribution in [1.82, 2.24) is 9.66 Å². The molecule has 0 amide bonds. The van der Waals surface area contributed by atoms with Gasteiger partial charge in [0, 0.05) is 12.3 Å².